The van der Waals surface area contributed by atoms with E-state index in [2.05, 4.69) is 0 Å². The molecule has 0 amide bonds. The highest BCUT2D eigenvalue weighted by molar-refractivity contribution is 5.66. The second kappa shape index (κ2) is 11.6. The number of ether oxygens (including phenoxy) is 2. The maximum Gasteiger partial charge on any atom is 0.303 e. The summed E-state index contributed by atoms with van der Waals surface area (Å²) in [7, 11) is 0. The van der Waals surface area contributed by atoms with Gasteiger partial charge in [-0.05, 0) is 44.4 Å². The average molecular weight is 421 g/mol. The molecule has 170 valence electrons. The van der Waals surface area contributed by atoms with E-state index in [4.69, 9.17) is 14.6 Å². The third kappa shape index (κ3) is 7.14. The zero-order chi connectivity index (χ0) is 21.3. The summed E-state index contributed by atoms with van der Waals surface area (Å²) in [6, 6.07) is 0. The van der Waals surface area contributed by atoms with E-state index in [1.165, 1.54) is 0 Å². The number of carbonyl (C=O) groups is 1. The Kier molecular flexibility index (Phi) is 9.76. The third-order valence-corrected chi connectivity index (χ3v) is 6.59. The van der Waals surface area contributed by atoms with Crippen molar-refractivity contribution in [3.05, 3.63) is 0 Å². The number of aliphatic hydroxyl groups excluding tert-OH is 1. The molecule has 1 aliphatic heterocycles. The number of hydrogen-bond donors (Lipinski definition) is 2. The predicted molar refractivity (Wildman–Crippen MR) is 106 cm³/mol. The number of halogens is 2. The van der Waals surface area contributed by atoms with Gasteiger partial charge in [-0.3, -0.25) is 4.79 Å². The van der Waals surface area contributed by atoms with E-state index in [1.54, 1.807) is 0 Å². The monoisotopic (exact) mass is 420 g/mol. The van der Waals surface area contributed by atoms with Crippen LogP contribution in [0.15, 0.2) is 0 Å². The largest absolute Gasteiger partial charge is 0.481 e. The summed E-state index contributed by atoms with van der Waals surface area (Å²) >= 11 is 0. The van der Waals surface area contributed by atoms with Gasteiger partial charge in [0.1, 0.15) is 6.10 Å². The lowest BCUT2D eigenvalue weighted by atomic mass is 9.83. The SMILES string of the molecule is CCCCC(F)(F)[C@@H](O)CC[C@H]1CCC2(OCCO2)[C@@H]1CCCCCCC(=O)O. The van der Waals surface area contributed by atoms with E-state index in [0.29, 0.717) is 38.9 Å². The van der Waals surface area contributed by atoms with Crippen LogP contribution in [-0.2, 0) is 14.3 Å². The van der Waals surface area contributed by atoms with Crippen molar-refractivity contribution in [3.63, 3.8) is 0 Å². The highest BCUT2D eigenvalue weighted by Crippen LogP contribution is 2.50. The number of carboxylic acid groups (broad SMARTS) is 1. The zero-order valence-corrected chi connectivity index (χ0v) is 17.7. The summed E-state index contributed by atoms with van der Waals surface area (Å²) in [6.45, 7) is 3.01. The standard InChI is InChI=1S/C22H38F2O5/c1-2-3-13-21(23,24)19(25)11-10-17-12-14-22(28-15-16-29-22)18(17)8-6-4-5-7-9-20(26)27/h17-19,25H,2-16H2,1H3,(H,26,27)/t17-,18+,19-/m0/s1. The van der Waals surface area contributed by atoms with Crippen LogP contribution in [0.5, 0.6) is 0 Å². The summed E-state index contributed by atoms with van der Waals surface area (Å²) in [5.74, 6) is -4.00. The minimum absolute atomic E-state index is 0.104. The molecule has 2 aliphatic rings. The van der Waals surface area contributed by atoms with Crippen LogP contribution in [0.1, 0.15) is 90.4 Å². The molecule has 0 aromatic carbocycles. The fraction of sp³-hybridized carbons (Fsp3) is 0.955. The van der Waals surface area contributed by atoms with Crippen LogP contribution in [-0.4, -0.2) is 47.2 Å². The van der Waals surface area contributed by atoms with Crippen molar-refractivity contribution in [2.24, 2.45) is 11.8 Å². The van der Waals surface area contributed by atoms with Crippen LogP contribution in [0.25, 0.3) is 0 Å². The first-order valence-electron chi connectivity index (χ1n) is 11.4. The molecule has 1 saturated carbocycles. The van der Waals surface area contributed by atoms with Crippen molar-refractivity contribution < 1.29 is 33.3 Å². The molecule has 1 aliphatic carbocycles. The molecular weight excluding hydrogens is 382 g/mol. The number of aliphatic carboxylic acids is 1. The highest BCUT2D eigenvalue weighted by atomic mass is 19.3. The maximum absolute atomic E-state index is 14.1. The molecule has 0 aromatic heterocycles. The summed E-state index contributed by atoms with van der Waals surface area (Å²) in [6.07, 6.45) is 6.12. The Morgan fingerprint density at radius 1 is 1.14 bits per heavy atom. The molecule has 1 saturated heterocycles. The fourth-order valence-electron chi connectivity index (χ4n) is 4.92. The van der Waals surface area contributed by atoms with E-state index in [-0.39, 0.29) is 31.1 Å². The third-order valence-electron chi connectivity index (χ3n) is 6.59. The van der Waals surface area contributed by atoms with Crippen LogP contribution >= 0.6 is 0 Å². The molecule has 2 fully saturated rings. The lowest BCUT2D eigenvalue weighted by Crippen LogP contribution is -2.38. The van der Waals surface area contributed by atoms with Crippen LogP contribution in [0.4, 0.5) is 8.78 Å². The number of hydrogen-bond acceptors (Lipinski definition) is 4. The summed E-state index contributed by atoms with van der Waals surface area (Å²) < 4.78 is 40.2. The summed E-state index contributed by atoms with van der Waals surface area (Å²) in [5.41, 5.74) is 0. The van der Waals surface area contributed by atoms with Gasteiger partial charge in [-0.15, -0.1) is 0 Å². The molecule has 1 heterocycles. The second-order valence-corrected chi connectivity index (χ2v) is 8.72. The van der Waals surface area contributed by atoms with Crippen molar-refractivity contribution >= 4 is 5.97 Å². The van der Waals surface area contributed by atoms with Crippen LogP contribution in [0.3, 0.4) is 0 Å². The Morgan fingerprint density at radius 2 is 1.83 bits per heavy atom. The zero-order valence-electron chi connectivity index (χ0n) is 17.7. The van der Waals surface area contributed by atoms with Gasteiger partial charge in [0.2, 0.25) is 0 Å². The van der Waals surface area contributed by atoms with Gasteiger partial charge in [0.05, 0.1) is 13.2 Å². The number of alkyl halides is 2. The Bertz CT molecular complexity index is 494. The molecule has 29 heavy (non-hydrogen) atoms. The fourth-order valence-corrected chi connectivity index (χ4v) is 4.92. The van der Waals surface area contributed by atoms with E-state index in [9.17, 15) is 18.7 Å². The summed E-state index contributed by atoms with van der Waals surface area (Å²) in [4.78, 5) is 10.6. The van der Waals surface area contributed by atoms with E-state index in [1.807, 2.05) is 6.92 Å². The predicted octanol–water partition coefficient (Wildman–Crippen LogP) is 5.15. The van der Waals surface area contributed by atoms with E-state index in [0.717, 1.165) is 38.5 Å². The Morgan fingerprint density at radius 3 is 2.48 bits per heavy atom. The van der Waals surface area contributed by atoms with E-state index < -0.39 is 23.8 Å². The Balaban J connectivity index is 1.84. The quantitative estimate of drug-likeness (QED) is 0.380. The molecule has 0 unspecified atom stereocenters. The molecule has 0 aromatic rings. The van der Waals surface area contributed by atoms with Gasteiger partial charge < -0.3 is 19.7 Å². The van der Waals surface area contributed by atoms with Gasteiger partial charge in [0, 0.05) is 25.2 Å². The van der Waals surface area contributed by atoms with Gasteiger partial charge in [-0.25, -0.2) is 8.78 Å². The normalized spacial score (nSPS) is 25.0. The van der Waals surface area contributed by atoms with Crippen molar-refractivity contribution in [1.82, 2.24) is 0 Å². The minimum atomic E-state index is -3.02. The van der Waals surface area contributed by atoms with Gasteiger partial charge in [-0.2, -0.15) is 0 Å². The van der Waals surface area contributed by atoms with Crippen molar-refractivity contribution in [3.8, 4) is 0 Å². The molecular formula is C22H38F2O5. The molecule has 2 rings (SSSR count). The first-order chi connectivity index (χ1) is 13.8. The molecule has 0 bridgehead atoms. The Labute approximate surface area is 173 Å². The molecule has 0 radical (unpaired) electrons. The minimum Gasteiger partial charge on any atom is -0.481 e. The molecule has 1 spiro atoms. The molecule has 7 heteroatoms. The molecule has 2 N–H and O–H groups in total. The van der Waals surface area contributed by atoms with Gasteiger partial charge >= 0.3 is 5.97 Å². The van der Waals surface area contributed by atoms with Crippen LogP contribution in [0, 0.1) is 11.8 Å². The van der Waals surface area contributed by atoms with Gasteiger partial charge in [0.15, 0.2) is 5.79 Å². The highest BCUT2D eigenvalue weighted by Gasteiger charge is 2.52. The topological polar surface area (TPSA) is 76.0 Å². The smallest absolute Gasteiger partial charge is 0.303 e. The lowest BCUT2D eigenvalue weighted by molar-refractivity contribution is -0.188. The number of aliphatic hydroxyl groups is 1. The number of rotatable bonds is 14. The average Bonchev–Trinajstić information content (AvgIpc) is 3.28. The number of carboxylic acids is 1. The Hall–Kier alpha value is -0.790. The molecule has 3 atom stereocenters. The van der Waals surface area contributed by atoms with Crippen LogP contribution < -0.4 is 0 Å². The van der Waals surface area contributed by atoms with E-state index >= 15 is 0 Å². The number of unbranched alkanes of at least 4 members (excludes halogenated alkanes) is 4. The maximum atomic E-state index is 14.1. The lowest BCUT2D eigenvalue weighted by Gasteiger charge is -2.33. The molecule has 5 nitrogen and oxygen atoms in total. The van der Waals surface area contributed by atoms with Crippen molar-refractivity contribution in [2.75, 3.05) is 13.2 Å². The van der Waals surface area contributed by atoms with Crippen LogP contribution in [0.2, 0.25) is 0 Å². The van der Waals surface area contributed by atoms with Crippen molar-refractivity contribution in [1.29, 1.82) is 0 Å². The van der Waals surface area contributed by atoms with Gasteiger partial charge in [0.25, 0.3) is 5.92 Å². The first-order valence-corrected chi connectivity index (χ1v) is 11.4. The second-order valence-electron chi connectivity index (χ2n) is 8.72. The van der Waals surface area contributed by atoms with Gasteiger partial charge in [-0.1, -0.05) is 32.6 Å². The summed E-state index contributed by atoms with van der Waals surface area (Å²) in [5, 5.41) is 18.8. The first kappa shape index (κ1) is 24.5. The van der Waals surface area contributed by atoms with Crippen molar-refractivity contribution in [2.45, 2.75) is 108 Å².